The number of carbonyl (C=O) groups is 12. The van der Waals surface area contributed by atoms with E-state index in [1.807, 2.05) is 32.9 Å². The lowest BCUT2D eigenvalue weighted by molar-refractivity contribution is -0.131. The summed E-state index contributed by atoms with van der Waals surface area (Å²) in [5, 5.41) is 15.8. The van der Waals surface area contributed by atoms with Crippen LogP contribution in [0, 0.1) is 17.8 Å². The van der Waals surface area contributed by atoms with Crippen molar-refractivity contribution in [1.29, 1.82) is 0 Å². The molecule has 12 amide bonds. The van der Waals surface area contributed by atoms with Gasteiger partial charge in [-0.25, -0.2) is 19.2 Å². The number of rotatable bonds is 19. The van der Waals surface area contributed by atoms with Crippen molar-refractivity contribution in [3.63, 3.8) is 0 Å². The summed E-state index contributed by atoms with van der Waals surface area (Å²) in [5.74, 6) is 0.429. The molecule has 0 radical (unpaired) electrons. The molecule has 4 N–H and O–H groups in total. The van der Waals surface area contributed by atoms with Crippen LogP contribution in [-0.4, -0.2) is 132 Å². The van der Waals surface area contributed by atoms with Gasteiger partial charge < -0.3 is 21.3 Å². The van der Waals surface area contributed by atoms with Crippen LogP contribution in [0.1, 0.15) is 191 Å². The number of para-hydroxylation sites is 1. The maximum atomic E-state index is 13.2. The number of carbonyl (C=O) groups excluding carboxylic acids is 12. The molecule has 4 bridgehead atoms. The molecule has 9 fully saturated rings. The lowest BCUT2D eigenvalue weighted by Crippen LogP contribution is -2.63. The standard InChI is InChI=1S/C24H28Cl2N2O3.C20H24Cl2N2O3.C20H18Cl2N2O3.C18H22Cl2N2O3/c25-18-3-1-17(19(26)10-18)2-5-21(29)20-4-6-22(30)28(20)23(31)27-24-11-14-7-15(12-24)9-16(8-14)13-24;2*21-14-8-6-13(16(22)12-14)7-10-18(25)17-9-11-19(26)24(17)20(27)23-15-4-2-1-3-5-15;1-18(2,3)21-17(25)22-14(7-9-16(22)24)15(23)8-5-11-4-6-12(19)10-13(11)20/h1,3,10,14-16,20H,2,4-9,11-13H2,(H,27,31);6,8,12,15,17H,1-5,7,9-11H2,(H,23,27);1-6,8,12,17H,7,9-11H2,(H,23,27);4,6,10,14H,5,7-9H2,1-3H3,(H,21,25)/t14?,15?,16?,20-,24?;2*17-;14-/m0000/s1. The SMILES string of the molecule is CC(C)(C)NC(=O)N1C(=O)CC[C@H]1C(=O)CCc1ccc(Cl)cc1Cl.O=C(CCc1ccc(Cl)cc1Cl)[C@@H]1CCC(=O)N1C(=O)NC12CC3CC(CC(C3)C1)C2.O=C(CCc1ccc(Cl)cc1Cl)[C@@H]1CCC(=O)N1C(=O)NC1CCCCC1.O=C(CCc1ccc(Cl)cc1Cl)[C@@H]1CCC(=O)N1C(=O)Nc1ccccc1. The minimum atomic E-state index is -0.743. The second kappa shape index (κ2) is 38.6. The van der Waals surface area contributed by atoms with Crippen LogP contribution >= 0.6 is 92.8 Å². The molecule has 0 spiro atoms. The van der Waals surface area contributed by atoms with E-state index in [-0.39, 0.29) is 116 Å². The van der Waals surface area contributed by atoms with Crippen LogP contribution in [0.5, 0.6) is 0 Å². The number of imide groups is 4. The van der Waals surface area contributed by atoms with Gasteiger partial charge in [0.2, 0.25) is 23.6 Å². The first-order valence-electron chi connectivity index (χ1n) is 37.8. The van der Waals surface area contributed by atoms with E-state index >= 15 is 0 Å². The lowest BCUT2D eigenvalue weighted by Gasteiger charge is -2.57. The summed E-state index contributed by atoms with van der Waals surface area (Å²) < 4.78 is 0. The first-order valence-corrected chi connectivity index (χ1v) is 40.8. The number of ketones is 4. The Balaban J connectivity index is 0.000000157. The zero-order valence-electron chi connectivity index (χ0n) is 61.7. The number of hydrogen-bond acceptors (Lipinski definition) is 12. The monoisotopic (exact) mass is 1660 g/mol. The first kappa shape index (κ1) is 85.3. The van der Waals surface area contributed by atoms with Gasteiger partial charge in [-0.15, -0.1) is 0 Å². The van der Waals surface area contributed by atoms with Crippen LogP contribution in [0.2, 0.25) is 40.2 Å². The molecule has 20 nitrogen and oxygen atoms in total. The molecular weight excluding hydrogens is 1570 g/mol. The Kier molecular flexibility index (Phi) is 29.9. The third-order valence-corrected chi connectivity index (χ3v) is 24.0. The molecule has 0 unspecified atom stereocenters. The van der Waals surface area contributed by atoms with E-state index in [1.165, 1.54) is 30.6 Å². The van der Waals surface area contributed by atoms with Crippen molar-refractivity contribution < 1.29 is 57.5 Å². The Morgan fingerprint density at radius 2 is 0.718 bits per heavy atom. The Morgan fingerprint density at radius 3 is 1.05 bits per heavy atom. The van der Waals surface area contributed by atoms with Crippen molar-refractivity contribution in [2.45, 2.75) is 235 Å². The van der Waals surface area contributed by atoms with Gasteiger partial charge in [0.1, 0.15) is 24.2 Å². The van der Waals surface area contributed by atoms with E-state index < -0.39 is 47.8 Å². The normalized spacial score (nSPS) is 22.7. The number of benzene rings is 5. The molecule has 5 aliphatic carbocycles. The molecule has 14 rings (SSSR count). The van der Waals surface area contributed by atoms with Crippen molar-refractivity contribution in [3.05, 3.63) is 166 Å². The van der Waals surface area contributed by atoms with Crippen LogP contribution in [0.3, 0.4) is 0 Å². The van der Waals surface area contributed by atoms with Gasteiger partial charge in [-0.1, -0.05) is 155 Å². The smallest absolute Gasteiger partial charge is 0.329 e. The predicted octanol–water partition coefficient (Wildman–Crippen LogP) is 18.4. The summed E-state index contributed by atoms with van der Waals surface area (Å²) in [6.45, 7) is 5.47. The minimum absolute atomic E-state index is 0.0856. The molecule has 4 atom stereocenters. The van der Waals surface area contributed by atoms with E-state index in [2.05, 4.69) is 21.3 Å². The predicted molar refractivity (Wildman–Crippen MR) is 427 cm³/mol. The number of aryl methyl sites for hydroxylation is 4. The van der Waals surface area contributed by atoms with Crippen molar-refractivity contribution in [1.82, 2.24) is 35.6 Å². The number of likely N-dealkylation sites (tertiary alicyclic amines) is 4. The Hall–Kier alpha value is -7.14. The average molecular weight is 1670 g/mol. The molecule has 110 heavy (non-hydrogen) atoms. The molecule has 588 valence electrons. The molecular formula is C82H92Cl8N8O12. The van der Waals surface area contributed by atoms with Crippen LogP contribution < -0.4 is 21.3 Å². The summed E-state index contributed by atoms with van der Waals surface area (Å²) >= 11 is 48.2. The third-order valence-electron chi connectivity index (χ3n) is 21.7. The Labute approximate surface area is 681 Å². The lowest BCUT2D eigenvalue weighted by atomic mass is 9.53. The van der Waals surface area contributed by atoms with Gasteiger partial charge in [-0.2, -0.15) is 0 Å². The quantitative estimate of drug-likeness (QED) is 0.0601. The molecule has 5 aromatic carbocycles. The van der Waals surface area contributed by atoms with Gasteiger partial charge in [-0.05, 0) is 224 Å². The molecule has 4 heterocycles. The summed E-state index contributed by atoms with van der Waals surface area (Å²) in [6, 6.07) is 24.9. The fourth-order valence-corrected chi connectivity index (χ4v) is 18.7. The summed E-state index contributed by atoms with van der Waals surface area (Å²) in [4.78, 5) is 155. The number of Topliss-reactive ketones (excluding diaryl/α,β-unsaturated/α-hetero) is 4. The summed E-state index contributed by atoms with van der Waals surface area (Å²) in [7, 11) is 0. The van der Waals surface area contributed by atoms with Gasteiger partial charge in [0.05, 0.1) is 0 Å². The second-order valence-electron chi connectivity index (χ2n) is 31.0. The number of hydrogen-bond donors (Lipinski definition) is 4. The fraction of sp³-hybridized carbons (Fsp3) is 0.488. The highest BCUT2D eigenvalue weighted by molar-refractivity contribution is 6.37. The van der Waals surface area contributed by atoms with Gasteiger partial charge in [0, 0.05) is 114 Å². The molecule has 0 aromatic heterocycles. The van der Waals surface area contributed by atoms with Gasteiger partial charge in [0.25, 0.3) is 0 Å². The van der Waals surface area contributed by atoms with Crippen LogP contribution in [0.15, 0.2) is 103 Å². The average Bonchev–Trinajstić information content (AvgIpc) is 0.817. The van der Waals surface area contributed by atoms with E-state index in [9.17, 15) is 57.5 Å². The van der Waals surface area contributed by atoms with Gasteiger partial charge >= 0.3 is 24.1 Å². The zero-order valence-corrected chi connectivity index (χ0v) is 67.8. The molecule has 9 aliphatic rings. The van der Waals surface area contributed by atoms with Crippen LogP contribution in [0.4, 0.5) is 24.9 Å². The first-order chi connectivity index (χ1) is 52.3. The number of anilines is 1. The summed E-state index contributed by atoms with van der Waals surface area (Å²) in [5.41, 5.74) is 3.20. The highest BCUT2D eigenvalue weighted by Crippen LogP contribution is 2.56. The van der Waals surface area contributed by atoms with Gasteiger partial charge in [0.15, 0.2) is 23.1 Å². The van der Waals surface area contributed by atoms with E-state index in [0.29, 0.717) is 115 Å². The highest BCUT2D eigenvalue weighted by Gasteiger charge is 2.53. The second-order valence-corrected chi connectivity index (χ2v) is 34.3. The number of amides is 12. The number of nitrogens with zero attached hydrogens (tertiary/aromatic N) is 4. The highest BCUT2D eigenvalue weighted by atomic mass is 35.5. The van der Waals surface area contributed by atoms with Crippen molar-refractivity contribution in [2.75, 3.05) is 5.32 Å². The van der Waals surface area contributed by atoms with Gasteiger partial charge in [-0.3, -0.25) is 58.0 Å². The number of nitrogens with one attached hydrogen (secondary N) is 4. The zero-order chi connectivity index (χ0) is 79.3. The molecule has 4 saturated heterocycles. The van der Waals surface area contributed by atoms with E-state index in [1.54, 1.807) is 91.0 Å². The topological polar surface area (TPSA) is 266 Å². The van der Waals surface area contributed by atoms with E-state index in [0.717, 1.165) is 81.9 Å². The van der Waals surface area contributed by atoms with Crippen molar-refractivity contribution in [3.8, 4) is 0 Å². The molecule has 4 aliphatic heterocycles. The number of halogens is 8. The summed E-state index contributed by atoms with van der Waals surface area (Å²) in [6.07, 6.45) is 17.1. The van der Waals surface area contributed by atoms with Crippen molar-refractivity contribution in [2.24, 2.45) is 17.8 Å². The maximum absolute atomic E-state index is 13.2. The largest absolute Gasteiger partial charge is 0.335 e. The van der Waals surface area contributed by atoms with E-state index in [4.69, 9.17) is 92.8 Å². The fourth-order valence-electron chi connectivity index (χ4n) is 16.7. The Morgan fingerprint density at radius 1 is 0.400 bits per heavy atom. The molecule has 5 aromatic rings. The maximum Gasteiger partial charge on any atom is 0.329 e. The van der Waals surface area contributed by atoms with Crippen molar-refractivity contribution >= 4 is 169 Å². The minimum Gasteiger partial charge on any atom is -0.335 e. The van der Waals surface area contributed by atoms with Crippen LogP contribution in [0.25, 0.3) is 0 Å². The number of urea groups is 4. The third kappa shape index (κ3) is 22.8. The molecule has 28 heteroatoms. The Bertz CT molecular complexity index is 4270. The molecule has 5 saturated carbocycles. The van der Waals surface area contributed by atoms with Crippen LogP contribution in [-0.2, 0) is 64.0 Å².